The number of aryl methyl sites for hydroxylation is 1. The van der Waals surface area contributed by atoms with Gasteiger partial charge >= 0.3 is 0 Å². The summed E-state index contributed by atoms with van der Waals surface area (Å²) in [5, 5.41) is 3.82. The molecule has 0 aliphatic carbocycles. The number of carbonyl (C=O) groups excluding carboxylic acids is 1. The van der Waals surface area contributed by atoms with Crippen molar-refractivity contribution in [3.63, 3.8) is 0 Å². The van der Waals surface area contributed by atoms with Crippen molar-refractivity contribution in [3.8, 4) is 0 Å². The average molecular weight is 315 g/mol. The molecule has 1 amide bonds. The molecule has 1 saturated heterocycles. The average Bonchev–Trinajstić information content (AvgIpc) is 2.39. The number of nitrogens with zero attached hydrogens (tertiary/aromatic N) is 1. The van der Waals surface area contributed by atoms with Gasteiger partial charge in [-0.25, -0.2) is 0 Å². The smallest absolute Gasteiger partial charge is 0.238 e. The first-order valence-electron chi connectivity index (χ1n) is 6.94. The first-order chi connectivity index (χ1) is 9.47. The van der Waals surface area contributed by atoms with Crippen LogP contribution in [0.3, 0.4) is 0 Å². The van der Waals surface area contributed by atoms with Crippen LogP contribution in [0.4, 0.5) is 5.69 Å². The lowest BCUT2D eigenvalue weighted by Gasteiger charge is -2.30. The molecular weight excluding hydrogens is 295 g/mol. The number of carbonyl (C=O) groups is 1. The van der Waals surface area contributed by atoms with Crippen molar-refractivity contribution in [3.05, 3.63) is 27.7 Å². The van der Waals surface area contributed by atoms with Gasteiger partial charge in [-0.2, -0.15) is 0 Å². The molecule has 1 heterocycles. The Labute approximate surface area is 130 Å². The lowest BCUT2D eigenvalue weighted by Crippen LogP contribution is -2.39. The fraction of sp³-hybridized carbons (Fsp3) is 0.533. The zero-order valence-corrected chi connectivity index (χ0v) is 13.4. The van der Waals surface area contributed by atoms with Gasteiger partial charge in [0.1, 0.15) is 0 Å². The Morgan fingerprint density at radius 2 is 2.20 bits per heavy atom. The van der Waals surface area contributed by atoms with Gasteiger partial charge in [-0.05, 0) is 43.9 Å². The second kappa shape index (κ2) is 6.79. The van der Waals surface area contributed by atoms with Crippen LogP contribution in [-0.2, 0) is 4.79 Å². The van der Waals surface area contributed by atoms with Crippen LogP contribution in [0.2, 0.25) is 10.0 Å². The lowest BCUT2D eigenvalue weighted by molar-refractivity contribution is -0.117. The maximum absolute atomic E-state index is 12.1. The Bertz CT molecular complexity index is 505. The normalized spacial score (nSPS) is 19.9. The number of hydrogen-bond donors (Lipinski definition) is 1. The molecule has 3 nitrogen and oxygen atoms in total. The van der Waals surface area contributed by atoms with Gasteiger partial charge in [0.2, 0.25) is 5.91 Å². The largest absolute Gasteiger partial charge is 0.322 e. The maximum atomic E-state index is 12.1. The Kier molecular flexibility index (Phi) is 5.30. The van der Waals surface area contributed by atoms with Crippen LogP contribution in [0.5, 0.6) is 0 Å². The summed E-state index contributed by atoms with van der Waals surface area (Å²) in [7, 11) is 0. The molecule has 0 aromatic heterocycles. The first kappa shape index (κ1) is 15.6. The van der Waals surface area contributed by atoms with E-state index >= 15 is 0 Å². The topological polar surface area (TPSA) is 32.3 Å². The highest BCUT2D eigenvalue weighted by molar-refractivity contribution is 6.40. The van der Waals surface area contributed by atoms with Crippen molar-refractivity contribution in [2.75, 3.05) is 25.0 Å². The highest BCUT2D eigenvalue weighted by atomic mass is 35.5. The maximum Gasteiger partial charge on any atom is 0.238 e. The number of piperidine rings is 1. The summed E-state index contributed by atoms with van der Waals surface area (Å²) in [6.45, 7) is 6.46. The van der Waals surface area contributed by atoms with Gasteiger partial charge in [0.15, 0.2) is 0 Å². The lowest BCUT2D eigenvalue weighted by atomic mass is 10.0. The Hall–Kier alpha value is -0.770. The monoisotopic (exact) mass is 314 g/mol. The summed E-state index contributed by atoms with van der Waals surface area (Å²) in [6, 6.07) is 3.59. The second-order valence-electron chi connectivity index (χ2n) is 5.58. The summed E-state index contributed by atoms with van der Waals surface area (Å²) < 4.78 is 0. The molecular formula is C15H20Cl2N2O. The number of nitrogens with one attached hydrogen (secondary N) is 1. The summed E-state index contributed by atoms with van der Waals surface area (Å²) >= 11 is 12.3. The molecule has 1 aromatic rings. The molecule has 5 heteroatoms. The van der Waals surface area contributed by atoms with E-state index in [1.54, 1.807) is 6.07 Å². The number of amides is 1. The number of likely N-dealkylation sites (tertiary alicyclic amines) is 1. The predicted octanol–water partition coefficient (Wildman–Crippen LogP) is 3.97. The fourth-order valence-corrected chi connectivity index (χ4v) is 3.05. The number of rotatable bonds is 3. The van der Waals surface area contributed by atoms with Gasteiger partial charge in [-0.3, -0.25) is 9.69 Å². The minimum Gasteiger partial charge on any atom is -0.322 e. The third kappa shape index (κ3) is 3.87. The number of anilines is 1. The molecule has 1 fully saturated rings. The van der Waals surface area contributed by atoms with Crippen LogP contribution in [-0.4, -0.2) is 30.4 Å². The minimum absolute atomic E-state index is 0.0616. The second-order valence-corrected chi connectivity index (χ2v) is 6.37. The zero-order valence-electron chi connectivity index (χ0n) is 11.9. The molecule has 1 aromatic carbocycles. The van der Waals surface area contributed by atoms with Crippen molar-refractivity contribution in [2.24, 2.45) is 5.92 Å². The van der Waals surface area contributed by atoms with E-state index in [1.165, 1.54) is 6.42 Å². The molecule has 110 valence electrons. The van der Waals surface area contributed by atoms with Crippen LogP contribution < -0.4 is 5.32 Å². The van der Waals surface area contributed by atoms with Crippen molar-refractivity contribution in [2.45, 2.75) is 26.7 Å². The number of benzene rings is 1. The van der Waals surface area contributed by atoms with E-state index in [2.05, 4.69) is 17.1 Å². The minimum atomic E-state index is -0.0616. The van der Waals surface area contributed by atoms with Gasteiger partial charge in [0.05, 0.1) is 22.3 Å². The van der Waals surface area contributed by atoms with E-state index in [-0.39, 0.29) is 5.91 Å². The summed E-state index contributed by atoms with van der Waals surface area (Å²) in [4.78, 5) is 14.3. The molecule has 1 aliphatic rings. The van der Waals surface area contributed by atoms with Crippen molar-refractivity contribution in [1.29, 1.82) is 0 Å². The predicted molar refractivity (Wildman–Crippen MR) is 84.7 cm³/mol. The quantitative estimate of drug-likeness (QED) is 0.915. The number of hydrogen-bond acceptors (Lipinski definition) is 2. The van der Waals surface area contributed by atoms with Gasteiger partial charge < -0.3 is 5.32 Å². The van der Waals surface area contributed by atoms with E-state index in [9.17, 15) is 4.79 Å². The van der Waals surface area contributed by atoms with E-state index in [4.69, 9.17) is 23.2 Å². The van der Waals surface area contributed by atoms with E-state index in [0.717, 1.165) is 25.1 Å². The van der Waals surface area contributed by atoms with Crippen LogP contribution in [0.15, 0.2) is 12.1 Å². The van der Waals surface area contributed by atoms with Crippen molar-refractivity contribution < 1.29 is 4.79 Å². The SMILES string of the molecule is Cc1ccc(Cl)c(NC(=O)CN2CCC[C@@H](C)C2)c1Cl. The van der Waals surface area contributed by atoms with Gasteiger partial charge in [-0.15, -0.1) is 0 Å². The van der Waals surface area contributed by atoms with E-state index in [1.807, 2.05) is 13.0 Å². The van der Waals surface area contributed by atoms with Crippen LogP contribution in [0, 0.1) is 12.8 Å². The van der Waals surface area contributed by atoms with Crippen LogP contribution >= 0.6 is 23.2 Å². The van der Waals surface area contributed by atoms with Crippen LogP contribution in [0.25, 0.3) is 0 Å². The highest BCUT2D eigenvalue weighted by Gasteiger charge is 2.19. The molecule has 1 N–H and O–H groups in total. The molecule has 0 radical (unpaired) electrons. The fourth-order valence-electron chi connectivity index (χ4n) is 2.58. The molecule has 1 atom stereocenters. The highest BCUT2D eigenvalue weighted by Crippen LogP contribution is 2.32. The summed E-state index contributed by atoms with van der Waals surface area (Å²) in [5.41, 5.74) is 1.42. The number of halogens is 2. The summed E-state index contributed by atoms with van der Waals surface area (Å²) in [5.74, 6) is 0.594. The zero-order chi connectivity index (χ0) is 14.7. The summed E-state index contributed by atoms with van der Waals surface area (Å²) in [6.07, 6.45) is 2.40. The Morgan fingerprint density at radius 1 is 1.45 bits per heavy atom. The molecule has 2 rings (SSSR count). The Morgan fingerprint density at radius 3 is 2.90 bits per heavy atom. The first-order valence-corrected chi connectivity index (χ1v) is 7.69. The molecule has 1 aliphatic heterocycles. The standard InChI is InChI=1S/C15H20Cl2N2O/c1-10-4-3-7-19(8-10)9-13(20)18-15-12(16)6-5-11(2)14(15)17/h5-6,10H,3-4,7-9H2,1-2H3,(H,18,20)/t10-/m1/s1. The van der Waals surface area contributed by atoms with Crippen molar-refractivity contribution in [1.82, 2.24) is 4.90 Å². The Balaban J connectivity index is 2.00. The van der Waals surface area contributed by atoms with Crippen LogP contribution in [0.1, 0.15) is 25.3 Å². The van der Waals surface area contributed by atoms with Crippen molar-refractivity contribution >= 4 is 34.8 Å². The molecule has 0 unspecified atom stereocenters. The van der Waals surface area contributed by atoms with E-state index < -0.39 is 0 Å². The van der Waals surface area contributed by atoms with E-state index in [0.29, 0.717) is 28.2 Å². The molecule has 0 bridgehead atoms. The third-order valence-electron chi connectivity index (χ3n) is 3.66. The molecule has 0 saturated carbocycles. The van der Waals surface area contributed by atoms with Gasteiger partial charge in [-0.1, -0.05) is 36.2 Å². The third-order valence-corrected chi connectivity index (χ3v) is 4.46. The van der Waals surface area contributed by atoms with Gasteiger partial charge in [0, 0.05) is 6.54 Å². The van der Waals surface area contributed by atoms with Gasteiger partial charge in [0.25, 0.3) is 0 Å². The molecule has 0 spiro atoms. The molecule has 20 heavy (non-hydrogen) atoms.